The monoisotopic (exact) mass is 241 g/mol. The Balaban J connectivity index is 2.35. The van der Waals surface area contributed by atoms with E-state index in [0.717, 1.165) is 10.9 Å². The van der Waals surface area contributed by atoms with E-state index in [0.29, 0.717) is 5.56 Å². The van der Waals surface area contributed by atoms with E-state index in [1.165, 1.54) is 0 Å². The lowest BCUT2D eigenvalue weighted by Crippen LogP contribution is -2.22. The van der Waals surface area contributed by atoms with Gasteiger partial charge in [-0.2, -0.15) is 8.42 Å². The molecule has 1 atom stereocenters. The molecule has 0 aliphatic heterocycles. The van der Waals surface area contributed by atoms with E-state index in [2.05, 4.69) is 4.98 Å². The van der Waals surface area contributed by atoms with Gasteiger partial charge in [-0.1, -0.05) is 18.2 Å². The first-order valence-electron chi connectivity index (χ1n) is 4.68. The topological polar surface area (TPSA) is 90.4 Å². The summed E-state index contributed by atoms with van der Waals surface area (Å²) in [4.78, 5) is 2.96. The minimum Gasteiger partial charge on any atom is -0.375 e. The zero-order valence-electron chi connectivity index (χ0n) is 8.29. The molecule has 5 nitrogen and oxygen atoms in total. The first-order valence-corrected chi connectivity index (χ1v) is 6.18. The van der Waals surface area contributed by atoms with E-state index in [4.69, 9.17) is 4.55 Å². The number of fused-ring (bicyclic) bond motifs is 1. The molecule has 0 radical (unpaired) electrons. The third-order valence-corrected chi connectivity index (χ3v) is 3.27. The lowest BCUT2D eigenvalue weighted by atomic mass is 10.1. The van der Waals surface area contributed by atoms with Crippen LogP contribution in [0.3, 0.4) is 0 Å². The maximum Gasteiger partial charge on any atom is 0.292 e. The number of aliphatic hydroxyl groups excluding tert-OH is 1. The third-order valence-electron chi connectivity index (χ3n) is 2.41. The lowest BCUT2D eigenvalue weighted by molar-refractivity contribution is 0.234. The van der Waals surface area contributed by atoms with Gasteiger partial charge in [0.25, 0.3) is 10.1 Å². The molecule has 0 aliphatic carbocycles. The zero-order valence-corrected chi connectivity index (χ0v) is 9.11. The van der Waals surface area contributed by atoms with Crippen LogP contribution in [-0.4, -0.2) is 28.5 Å². The van der Waals surface area contributed by atoms with E-state index in [-0.39, 0.29) is 6.42 Å². The summed E-state index contributed by atoms with van der Waals surface area (Å²) in [6.45, 7) is 0. The molecule has 16 heavy (non-hydrogen) atoms. The Morgan fingerprint density at radius 1 is 1.31 bits per heavy atom. The molecular weight excluding hydrogens is 230 g/mol. The van der Waals surface area contributed by atoms with Crippen molar-refractivity contribution < 1.29 is 18.1 Å². The Labute approximate surface area is 92.5 Å². The molecule has 6 heteroatoms. The normalized spacial score (nSPS) is 14.1. The SMILES string of the molecule is O=S(=O)(O)[C@H](O)Cc1c[nH]c2ccccc12. The Kier molecular flexibility index (Phi) is 2.71. The van der Waals surface area contributed by atoms with Crippen molar-refractivity contribution in [1.82, 2.24) is 4.98 Å². The molecule has 2 rings (SSSR count). The second kappa shape index (κ2) is 3.89. The highest BCUT2D eigenvalue weighted by atomic mass is 32.2. The fraction of sp³-hybridized carbons (Fsp3) is 0.200. The Morgan fingerprint density at radius 3 is 2.69 bits per heavy atom. The molecule has 0 bridgehead atoms. The minimum absolute atomic E-state index is 0.136. The van der Waals surface area contributed by atoms with E-state index in [1.54, 1.807) is 6.20 Å². The quantitative estimate of drug-likeness (QED) is 0.697. The third kappa shape index (κ3) is 2.08. The van der Waals surface area contributed by atoms with Gasteiger partial charge in [-0.05, 0) is 11.6 Å². The van der Waals surface area contributed by atoms with Crippen LogP contribution in [0.4, 0.5) is 0 Å². The summed E-state index contributed by atoms with van der Waals surface area (Å²) >= 11 is 0. The predicted molar refractivity (Wildman–Crippen MR) is 59.6 cm³/mol. The number of aromatic amines is 1. The van der Waals surface area contributed by atoms with Crippen LogP contribution in [0, 0.1) is 0 Å². The van der Waals surface area contributed by atoms with Gasteiger partial charge < -0.3 is 10.1 Å². The summed E-state index contributed by atoms with van der Waals surface area (Å²) in [7, 11) is -4.41. The Hall–Kier alpha value is -1.37. The van der Waals surface area contributed by atoms with Crippen molar-refractivity contribution in [2.24, 2.45) is 0 Å². The fourth-order valence-electron chi connectivity index (χ4n) is 1.59. The van der Waals surface area contributed by atoms with Crippen LogP contribution < -0.4 is 0 Å². The summed E-state index contributed by atoms with van der Waals surface area (Å²) in [5, 5.41) is 10.1. The standard InChI is InChI=1S/C10H11NO4S/c12-10(16(13,14)15)5-7-6-11-9-4-2-1-3-8(7)9/h1-4,6,10-12H,5H2,(H,13,14,15)/t10-/m0/s1. The van der Waals surface area contributed by atoms with Crippen molar-refractivity contribution in [2.75, 3.05) is 0 Å². The van der Waals surface area contributed by atoms with Crippen LogP contribution in [0.5, 0.6) is 0 Å². The number of aliphatic hydroxyl groups is 1. The molecule has 0 fully saturated rings. The van der Waals surface area contributed by atoms with Gasteiger partial charge in [-0.15, -0.1) is 0 Å². The van der Waals surface area contributed by atoms with E-state index in [9.17, 15) is 13.5 Å². The van der Waals surface area contributed by atoms with Crippen LogP contribution in [0.1, 0.15) is 5.56 Å². The molecule has 86 valence electrons. The number of hydrogen-bond donors (Lipinski definition) is 3. The van der Waals surface area contributed by atoms with Gasteiger partial charge in [0, 0.05) is 23.5 Å². The smallest absolute Gasteiger partial charge is 0.292 e. The van der Waals surface area contributed by atoms with Gasteiger partial charge in [0.2, 0.25) is 0 Å². The average molecular weight is 241 g/mol. The second-order valence-corrected chi connectivity index (χ2v) is 5.11. The van der Waals surface area contributed by atoms with Gasteiger partial charge in [0.15, 0.2) is 5.44 Å². The van der Waals surface area contributed by atoms with Crippen LogP contribution in [0.25, 0.3) is 10.9 Å². The van der Waals surface area contributed by atoms with Crippen molar-refractivity contribution in [1.29, 1.82) is 0 Å². The lowest BCUT2D eigenvalue weighted by Gasteiger charge is -2.05. The van der Waals surface area contributed by atoms with Crippen LogP contribution in [0.2, 0.25) is 0 Å². The average Bonchev–Trinajstić information content (AvgIpc) is 2.61. The molecular formula is C10H11NO4S. The van der Waals surface area contributed by atoms with Crippen LogP contribution in [-0.2, 0) is 16.5 Å². The molecule has 0 spiro atoms. The van der Waals surface area contributed by atoms with Gasteiger partial charge in [0.1, 0.15) is 0 Å². The summed E-state index contributed by atoms with van der Waals surface area (Å²) < 4.78 is 30.0. The van der Waals surface area contributed by atoms with E-state index >= 15 is 0 Å². The highest BCUT2D eigenvalue weighted by Gasteiger charge is 2.21. The number of benzene rings is 1. The van der Waals surface area contributed by atoms with Gasteiger partial charge in [-0.3, -0.25) is 4.55 Å². The number of para-hydroxylation sites is 1. The van der Waals surface area contributed by atoms with Crippen molar-refractivity contribution in [3.63, 3.8) is 0 Å². The Morgan fingerprint density at radius 2 is 2.00 bits per heavy atom. The number of rotatable bonds is 3. The van der Waals surface area contributed by atoms with Crippen molar-refractivity contribution in [3.8, 4) is 0 Å². The molecule has 0 saturated heterocycles. The molecule has 1 heterocycles. The largest absolute Gasteiger partial charge is 0.375 e. The van der Waals surface area contributed by atoms with E-state index in [1.807, 2.05) is 24.3 Å². The predicted octanol–water partition coefficient (Wildman–Crippen LogP) is 0.917. The summed E-state index contributed by atoms with van der Waals surface area (Å²) in [5.74, 6) is 0. The highest BCUT2D eigenvalue weighted by Crippen LogP contribution is 2.19. The highest BCUT2D eigenvalue weighted by molar-refractivity contribution is 7.86. The van der Waals surface area contributed by atoms with E-state index < -0.39 is 15.6 Å². The number of hydrogen-bond acceptors (Lipinski definition) is 3. The second-order valence-electron chi connectivity index (χ2n) is 3.53. The maximum absolute atomic E-state index is 10.7. The molecule has 1 aromatic heterocycles. The number of H-pyrrole nitrogens is 1. The fourth-order valence-corrected chi connectivity index (χ4v) is 1.98. The Bertz CT molecular complexity index is 602. The first-order chi connectivity index (χ1) is 7.48. The zero-order chi connectivity index (χ0) is 11.8. The summed E-state index contributed by atoms with van der Waals surface area (Å²) in [6, 6.07) is 7.33. The molecule has 3 N–H and O–H groups in total. The van der Waals surface area contributed by atoms with Gasteiger partial charge in [-0.25, -0.2) is 0 Å². The summed E-state index contributed by atoms with van der Waals surface area (Å²) in [5.41, 5.74) is -0.271. The molecule has 0 amide bonds. The van der Waals surface area contributed by atoms with Crippen LogP contribution >= 0.6 is 0 Å². The summed E-state index contributed by atoms with van der Waals surface area (Å²) in [6.07, 6.45) is 1.49. The number of nitrogens with one attached hydrogen (secondary N) is 1. The molecule has 2 aromatic rings. The van der Waals surface area contributed by atoms with Crippen molar-refractivity contribution in [2.45, 2.75) is 11.9 Å². The number of aromatic nitrogens is 1. The molecule has 0 unspecified atom stereocenters. The molecule has 0 saturated carbocycles. The van der Waals surface area contributed by atoms with Crippen molar-refractivity contribution in [3.05, 3.63) is 36.0 Å². The minimum atomic E-state index is -4.41. The maximum atomic E-state index is 10.7. The van der Waals surface area contributed by atoms with Gasteiger partial charge >= 0.3 is 0 Å². The van der Waals surface area contributed by atoms with Gasteiger partial charge in [0.05, 0.1) is 0 Å². The molecule has 1 aromatic carbocycles. The molecule has 0 aliphatic rings. The van der Waals surface area contributed by atoms with Crippen molar-refractivity contribution >= 4 is 21.0 Å². The first kappa shape index (κ1) is 11.1. The van der Waals surface area contributed by atoms with Crippen LogP contribution in [0.15, 0.2) is 30.5 Å².